The van der Waals surface area contributed by atoms with Crippen LogP contribution in [0, 0.1) is 0 Å². The summed E-state index contributed by atoms with van der Waals surface area (Å²) in [5, 5.41) is 10.6. The molecule has 1 N–H and O–H groups in total. The highest BCUT2D eigenvalue weighted by Gasteiger charge is 2.44. The number of nitrogens with zero attached hydrogens (tertiary/aromatic N) is 5. The fraction of sp³-hybridized carbons (Fsp3) is 0.417. The number of benzene rings is 1. The minimum absolute atomic E-state index is 0.0237. The number of pyridine rings is 1. The number of halogens is 6. The molecule has 0 atom stereocenters. The molecule has 2 aromatic heterocycles. The first-order chi connectivity index (χ1) is 17.9. The van der Waals surface area contributed by atoms with Gasteiger partial charge in [0.05, 0.1) is 31.7 Å². The normalized spacial score (nSPS) is 16.9. The first-order valence-corrected chi connectivity index (χ1v) is 11.6. The van der Waals surface area contributed by atoms with Crippen molar-refractivity contribution in [2.24, 2.45) is 7.05 Å². The Bertz CT molecular complexity index is 1370. The average Bonchev–Trinajstić information content (AvgIpc) is 3.37. The summed E-state index contributed by atoms with van der Waals surface area (Å²) in [4.78, 5) is 18.6. The topological polar surface area (TPSA) is 85.2 Å². The Morgan fingerprint density at radius 1 is 1.13 bits per heavy atom. The van der Waals surface area contributed by atoms with E-state index in [2.05, 4.69) is 20.5 Å². The van der Waals surface area contributed by atoms with Crippen LogP contribution in [0.4, 0.5) is 38.0 Å². The van der Waals surface area contributed by atoms with Gasteiger partial charge in [-0.3, -0.25) is 9.69 Å². The van der Waals surface area contributed by atoms with Gasteiger partial charge in [0.15, 0.2) is 0 Å². The number of fused-ring (bicyclic) bond motifs is 1. The van der Waals surface area contributed by atoms with Gasteiger partial charge in [0.2, 0.25) is 0 Å². The molecule has 1 amide bonds. The maximum absolute atomic E-state index is 13.6. The number of aryl methyl sites for hydroxylation is 1. The zero-order valence-corrected chi connectivity index (χ0v) is 20.0. The minimum atomic E-state index is -4.66. The molecule has 0 aliphatic carbocycles. The number of aromatic nitrogens is 4. The molecule has 0 saturated carbocycles. The highest BCUT2D eigenvalue weighted by atomic mass is 19.4. The molecule has 202 valence electrons. The van der Waals surface area contributed by atoms with Crippen LogP contribution >= 0.6 is 0 Å². The molecule has 14 heteroatoms. The number of anilines is 2. The van der Waals surface area contributed by atoms with Crippen molar-refractivity contribution in [3.8, 4) is 0 Å². The standard InChI is InChI=1S/C24H22F6N6O2/c1-35-13-32-34-20(35)9-22(11-38-12-22)14-7-18(31-6-5-23(25,26)27)33-19(8-14)36-10-16-15(21(36)37)3-2-4-17(16)24(28,29)30/h2-4,7-8,13H,5-6,9-12H2,1H3,(H,31,33). The third-order valence-corrected chi connectivity index (χ3v) is 6.75. The minimum Gasteiger partial charge on any atom is -0.379 e. The molecule has 5 rings (SSSR count). The molecule has 0 radical (unpaired) electrons. The lowest BCUT2D eigenvalue weighted by Crippen LogP contribution is -2.49. The van der Waals surface area contributed by atoms with Gasteiger partial charge in [-0.2, -0.15) is 26.3 Å². The van der Waals surface area contributed by atoms with Gasteiger partial charge in [-0.15, -0.1) is 10.2 Å². The molecule has 8 nitrogen and oxygen atoms in total. The second-order valence-corrected chi connectivity index (χ2v) is 9.42. The summed E-state index contributed by atoms with van der Waals surface area (Å²) in [5.41, 5.74) is -1.24. The van der Waals surface area contributed by atoms with Gasteiger partial charge >= 0.3 is 12.4 Å². The zero-order chi connectivity index (χ0) is 27.3. The number of ether oxygens (including phenoxy) is 1. The van der Waals surface area contributed by atoms with Crippen molar-refractivity contribution in [2.75, 3.05) is 30.0 Å². The van der Waals surface area contributed by atoms with E-state index in [0.717, 1.165) is 11.0 Å². The van der Waals surface area contributed by atoms with Crippen molar-refractivity contribution in [1.82, 2.24) is 19.7 Å². The molecule has 2 aliphatic heterocycles. The van der Waals surface area contributed by atoms with E-state index in [9.17, 15) is 31.1 Å². The van der Waals surface area contributed by atoms with Gasteiger partial charge in [-0.1, -0.05) is 6.07 Å². The van der Waals surface area contributed by atoms with E-state index in [1.54, 1.807) is 23.7 Å². The maximum Gasteiger partial charge on any atom is 0.416 e. The summed E-state index contributed by atoms with van der Waals surface area (Å²) in [6.45, 7) is -0.330. The van der Waals surface area contributed by atoms with Crippen molar-refractivity contribution < 1.29 is 35.9 Å². The second kappa shape index (κ2) is 9.26. The molecule has 38 heavy (non-hydrogen) atoms. The van der Waals surface area contributed by atoms with Gasteiger partial charge in [0.1, 0.15) is 23.8 Å². The largest absolute Gasteiger partial charge is 0.416 e. The molecule has 0 bridgehead atoms. The van der Waals surface area contributed by atoms with Gasteiger partial charge in [-0.25, -0.2) is 4.98 Å². The van der Waals surface area contributed by atoms with Crippen molar-refractivity contribution in [2.45, 2.75) is 37.2 Å². The van der Waals surface area contributed by atoms with Crippen molar-refractivity contribution in [3.05, 3.63) is 64.7 Å². The average molecular weight is 540 g/mol. The van der Waals surface area contributed by atoms with Gasteiger partial charge < -0.3 is 14.6 Å². The number of amides is 1. The molecule has 0 unspecified atom stereocenters. The summed E-state index contributed by atoms with van der Waals surface area (Å²) in [5.74, 6) is 0.0447. The fourth-order valence-electron chi connectivity index (χ4n) is 4.66. The monoisotopic (exact) mass is 540 g/mol. The zero-order valence-electron chi connectivity index (χ0n) is 20.0. The molecule has 4 heterocycles. The van der Waals surface area contributed by atoms with E-state index in [1.807, 2.05) is 0 Å². The molecule has 1 saturated heterocycles. The molecule has 1 fully saturated rings. The van der Waals surface area contributed by atoms with Crippen LogP contribution in [0.2, 0.25) is 0 Å². The number of alkyl halides is 6. The maximum atomic E-state index is 13.6. The number of rotatable bonds is 7. The Morgan fingerprint density at radius 2 is 1.89 bits per heavy atom. The number of carbonyl (C=O) groups is 1. The molecule has 0 spiro atoms. The smallest absolute Gasteiger partial charge is 0.379 e. The summed E-state index contributed by atoms with van der Waals surface area (Å²) < 4.78 is 86.3. The first kappa shape index (κ1) is 25.9. The number of nitrogens with one attached hydrogen (secondary N) is 1. The quantitative estimate of drug-likeness (QED) is 0.451. The summed E-state index contributed by atoms with van der Waals surface area (Å²) in [6, 6.07) is 6.54. The molecular weight excluding hydrogens is 518 g/mol. The number of carbonyl (C=O) groups excluding carboxylic acids is 1. The number of hydrogen-bond acceptors (Lipinski definition) is 6. The Labute approximate surface area is 212 Å². The van der Waals surface area contributed by atoms with E-state index < -0.39 is 42.2 Å². The van der Waals surface area contributed by atoms with E-state index in [-0.39, 0.29) is 42.5 Å². The van der Waals surface area contributed by atoms with Crippen LogP contribution in [-0.2, 0) is 36.3 Å². The Morgan fingerprint density at radius 3 is 2.50 bits per heavy atom. The van der Waals surface area contributed by atoms with Crippen molar-refractivity contribution >= 4 is 17.5 Å². The second-order valence-electron chi connectivity index (χ2n) is 9.42. The van der Waals surface area contributed by atoms with Crippen LogP contribution < -0.4 is 10.2 Å². The van der Waals surface area contributed by atoms with Crippen LogP contribution in [0.25, 0.3) is 0 Å². The summed E-state index contributed by atoms with van der Waals surface area (Å²) in [7, 11) is 1.77. The van der Waals surface area contributed by atoms with Crippen LogP contribution in [0.1, 0.15) is 39.3 Å². The highest BCUT2D eigenvalue weighted by molar-refractivity contribution is 6.10. The molecule has 2 aliphatic rings. The summed E-state index contributed by atoms with van der Waals surface area (Å²) >= 11 is 0. The Hall–Kier alpha value is -3.68. The summed E-state index contributed by atoms with van der Waals surface area (Å²) in [6.07, 6.45) is -8.28. The van der Waals surface area contributed by atoms with Gasteiger partial charge in [0, 0.05) is 31.0 Å². The van der Waals surface area contributed by atoms with E-state index >= 15 is 0 Å². The molecular formula is C24H22F6N6O2. The lowest BCUT2D eigenvalue weighted by Gasteiger charge is -2.42. The van der Waals surface area contributed by atoms with Crippen LogP contribution in [0.3, 0.4) is 0 Å². The number of hydrogen-bond donors (Lipinski definition) is 1. The van der Waals surface area contributed by atoms with Gasteiger partial charge in [0.25, 0.3) is 5.91 Å². The third kappa shape index (κ3) is 4.91. The predicted molar refractivity (Wildman–Crippen MR) is 123 cm³/mol. The SMILES string of the molecule is Cn1cnnc1CC1(c2cc(NCCC(F)(F)F)nc(N3Cc4c(cccc4C(F)(F)F)C3=O)c2)COC1. The molecule has 1 aromatic carbocycles. The Balaban J connectivity index is 1.53. The predicted octanol–water partition coefficient (Wildman–Crippen LogP) is 4.26. The van der Waals surface area contributed by atoms with Crippen LogP contribution in [0.5, 0.6) is 0 Å². The molecule has 3 aromatic rings. The van der Waals surface area contributed by atoms with Crippen LogP contribution in [-0.4, -0.2) is 51.6 Å². The third-order valence-electron chi connectivity index (χ3n) is 6.75. The van der Waals surface area contributed by atoms with Crippen molar-refractivity contribution in [3.63, 3.8) is 0 Å². The van der Waals surface area contributed by atoms with Gasteiger partial charge in [-0.05, 0) is 35.4 Å². The highest BCUT2D eigenvalue weighted by Crippen LogP contribution is 2.41. The van der Waals surface area contributed by atoms with Crippen LogP contribution in [0.15, 0.2) is 36.7 Å². The van der Waals surface area contributed by atoms with Crippen molar-refractivity contribution in [1.29, 1.82) is 0 Å². The van der Waals surface area contributed by atoms with E-state index in [0.29, 0.717) is 17.8 Å². The fourth-order valence-corrected chi connectivity index (χ4v) is 4.66. The Kier molecular flexibility index (Phi) is 6.32. The first-order valence-electron chi connectivity index (χ1n) is 11.6. The lowest BCUT2D eigenvalue weighted by molar-refractivity contribution is -0.138. The van der Waals surface area contributed by atoms with E-state index in [4.69, 9.17) is 4.74 Å². The van der Waals surface area contributed by atoms with E-state index in [1.165, 1.54) is 18.5 Å². The lowest BCUT2D eigenvalue weighted by atomic mass is 9.75.